The number of rotatable bonds is 4. The fourth-order valence-electron chi connectivity index (χ4n) is 1.87. The van der Waals surface area contributed by atoms with Gasteiger partial charge in [0.1, 0.15) is 6.04 Å². The van der Waals surface area contributed by atoms with Gasteiger partial charge in [-0.2, -0.15) is 0 Å². The highest BCUT2D eigenvalue weighted by atomic mass is 79.9. The molecule has 1 aromatic rings. The topological polar surface area (TPSA) is 70.2 Å². The van der Waals surface area contributed by atoms with Gasteiger partial charge in [-0.15, -0.1) is 11.3 Å². The summed E-state index contributed by atoms with van der Waals surface area (Å²) in [6.07, 6.45) is 0.935. The smallest absolute Gasteiger partial charge is 0.262 e. The van der Waals surface area contributed by atoms with Crippen molar-refractivity contribution in [2.24, 2.45) is 0 Å². The molecule has 0 aliphatic carbocycles. The highest BCUT2D eigenvalue weighted by molar-refractivity contribution is 9.11. The predicted molar refractivity (Wildman–Crippen MR) is 78.4 cm³/mol. The summed E-state index contributed by atoms with van der Waals surface area (Å²) in [5.74, 6) is -0.361. The van der Waals surface area contributed by atoms with E-state index in [0.29, 0.717) is 4.88 Å². The maximum Gasteiger partial charge on any atom is 0.262 e. The highest BCUT2D eigenvalue weighted by Gasteiger charge is 2.22. The lowest BCUT2D eigenvalue weighted by Crippen LogP contribution is -2.48. The van der Waals surface area contributed by atoms with Gasteiger partial charge in [-0.25, -0.2) is 0 Å². The van der Waals surface area contributed by atoms with Gasteiger partial charge in [-0.05, 0) is 48.0 Å². The average molecular weight is 346 g/mol. The number of carbonyl (C=O) groups is 2. The largest absolute Gasteiger partial charge is 0.350 e. The Kier molecular flexibility index (Phi) is 4.95. The molecule has 0 spiro atoms. The van der Waals surface area contributed by atoms with Crippen LogP contribution >= 0.6 is 27.3 Å². The van der Waals surface area contributed by atoms with Gasteiger partial charge in [0.25, 0.3) is 5.91 Å². The SMILES string of the molecule is CC(NC(=O)c1ccc(Br)s1)C(=O)NC1CCNC1. The van der Waals surface area contributed by atoms with E-state index in [1.807, 2.05) is 6.07 Å². The van der Waals surface area contributed by atoms with Crippen LogP contribution < -0.4 is 16.0 Å². The maximum atomic E-state index is 11.9. The Hall–Kier alpha value is -0.920. The standard InChI is InChI=1S/C12H16BrN3O2S/c1-7(11(17)16-8-4-5-14-6-8)15-12(18)9-2-3-10(13)19-9/h2-3,7-8,14H,4-6H2,1H3,(H,15,18)(H,16,17). The van der Waals surface area contributed by atoms with Crippen LogP contribution in [0, 0.1) is 0 Å². The number of amides is 2. The van der Waals surface area contributed by atoms with Crippen molar-refractivity contribution < 1.29 is 9.59 Å². The third kappa shape index (κ3) is 4.02. The number of carbonyl (C=O) groups excluding carboxylic acids is 2. The minimum Gasteiger partial charge on any atom is -0.350 e. The van der Waals surface area contributed by atoms with Gasteiger partial charge in [0.15, 0.2) is 0 Å². The van der Waals surface area contributed by atoms with E-state index in [0.717, 1.165) is 23.3 Å². The lowest BCUT2D eigenvalue weighted by molar-refractivity contribution is -0.123. The summed E-state index contributed by atoms with van der Waals surface area (Å²) in [4.78, 5) is 24.4. The zero-order chi connectivity index (χ0) is 13.8. The summed E-state index contributed by atoms with van der Waals surface area (Å²) in [6.45, 7) is 3.41. The van der Waals surface area contributed by atoms with Gasteiger partial charge >= 0.3 is 0 Å². The quantitative estimate of drug-likeness (QED) is 0.765. The lowest BCUT2D eigenvalue weighted by atomic mass is 10.2. The van der Waals surface area contributed by atoms with E-state index in [-0.39, 0.29) is 17.9 Å². The molecule has 0 radical (unpaired) electrons. The van der Waals surface area contributed by atoms with Gasteiger partial charge in [-0.3, -0.25) is 9.59 Å². The third-order valence-electron chi connectivity index (χ3n) is 2.94. The Labute approximate surface area is 124 Å². The molecule has 2 unspecified atom stereocenters. The Morgan fingerprint density at radius 3 is 2.89 bits per heavy atom. The number of hydrogen-bond donors (Lipinski definition) is 3. The van der Waals surface area contributed by atoms with Gasteiger partial charge < -0.3 is 16.0 Å². The summed E-state index contributed by atoms with van der Waals surface area (Å²) in [6, 6.07) is 3.18. The number of halogens is 1. The molecule has 5 nitrogen and oxygen atoms in total. The molecule has 19 heavy (non-hydrogen) atoms. The van der Waals surface area contributed by atoms with Crippen molar-refractivity contribution in [2.75, 3.05) is 13.1 Å². The first-order chi connectivity index (χ1) is 9.06. The van der Waals surface area contributed by atoms with Crippen molar-refractivity contribution in [1.82, 2.24) is 16.0 Å². The molecule has 0 bridgehead atoms. The molecular weight excluding hydrogens is 330 g/mol. The molecule has 7 heteroatoms. The number of hydrogen-bond acceptors (Lipinski definition) is 4. The van der Waals surface area contributed by atoms with Crippen LogP contribution in [0.4, 0.5) is 0 Å². The summed E-state index contributed by atoms with van der Waals surface area (Å²) in [7, 11) is 0. The third-order valence-corrected chi connectivity index (χ3v) is 4.57. The van der Waals surface area contributed by atoms with Crippen molar-refractivity contribution in [1.29, 1.82) is 0 Å². The van der Waals surface area contributed by atoms with E-state index >= 15 is 0 Å². The molecule has 3 N–H and O–H groups in total. The summed E-state index contributed by atoms with van der Waals surface area (Å²) < 4.78 is 0.895. The zero-order valence-electron chi connectivity index (χ0n) is 10.5. The van der Waals surface area contributed by atoms with E-state index in [1.54, 1.807) is 13.0 Å². The van der Waals surface area contributed by atoms with E-state index in [4.69, 9.17) is 0 Å². The van der Waals surface area contributed by atoms with Crippen molar-refractivity contribution >= 4 is 39.1 Å². The van der Waals surface area contributed by atoms with Gasteiger partial charge in [-0.1, -0.05) is 0 Å². The van der Waals surface area contributed by atoms with E-state index < -0.39 is 6.04 Å². The first kappa shape index (κ1) is 14.5. The fraction of sp³-hybridized carbons (Fsp3) is 0.500. The molecule has 1 fully saturated rings. The molecule has 0 aromatic carbocycles. The molecule has 1 aromatic heterocycles. The second kappa shape index (κ2) is 6.49. The molecule has 1 saturated heterocycles. The molecule has 104 valence electrons. The first-order valence-electron chi connectivity index (χ1n) is 6.13. The summed E-state index contributed by atoms with van der Waals surface area (Å²) in [5.41, 5.74) is 0. The number of nitrogens with one attached hydrogen (secondary N) is 3. The van der Waals surface area contributed by atoms with Crippen LogP contribution in [0.25, 0.3) is 0 Å². The average Bonchev–Trinajstić information content (AvgIpc) is 3.00. The van der Waals surface area contributed by atoms with Crippen LogP contribution in [-0.2, 0) is 4.79 Å². The van der Waals surface area contributed by atoms with Crippen molar-refractivity contribution in [3.63, 3.8) is 0 Å². The van der Waals surface area contributed by atoms with Gasteiger partial charge in [0, 0.05) is 12.6 Å². The molecule has 1 aliphatic rings. The summed E-state index contributed by atoms with van der Waals surface area (Å²) in [5, 5.41) is 8.80. The van der Waals surface area contributed by atoms with Crippen molar-refractivity contribution in [3.8, 4) is 0 Å². The molecule has 2 amide bonds. The highest BCUT2D eigenvalue weighted by Crippen LogP contribution is 2.21. The minimum absolute atomic E-state index is 0.141. The minimum atomic E-state index is -0.533. The Bertz CT molecular complexity index is 471. The van der Waals surface area contributed by atoms with Crippen LogP contribution in [0.3, 0.4) is 0 Å². The second-order valence-corrected chi connectivity index (χ2v) is 6.96. The normalized spacial score (nSPS) is 20.0. The molecule has 2 atom stereocenters. The maximum absolute atomic E-state index is 11.9. The second-order valence-electron chi connectivity index (χ2n) is 4.50. The summed E-state index contributed by atoms with van der Waals surface area (Å²) >= 11 is 4.65. The monoisotopic (exact) mass is 345 g/mol. The Balaban J connectivity index is 1.84. The van der Waals surface area contributed by atoms with Crippen LogP contribution in [0.5, 0.6) is 0 Å². The van der Waals surface area contributed by atoms with Gasteiger partial charge in [0.2, 0.25) is 5.91 Å². The van der Waals surface area contributed by atoms with E-state index in [9.17, 15) is 9.59 Å². The Morgan fingerprint density at radius 1 is 1.53 bits per heavy atom. The first-order valence-corrected chi connectivity index (χ1v) is 7.74. The van der Waals surface area contributed by atoms with Crippen LogP contribution in [0.1, 0.15) is 23.0 Å². The van der Waals surface area contributed by atoms with Crippen LogP contribution in [0.15, 0.2) is 15.9 Å². The molecule has 2 rings (SSSR count). The van der Waals surface area contributed by atoms with Gasteiger partial charge in [0.05, 0.1) is 8.66 Å². The van der Waals surface area contributed by atoms with Crippen LogP contribution in [-0.4, -0.2) is 37.0 Å². The van der Waals surface area contributed by atoms with Crippen molar-refractivity contribution in [3.05, 3.63) is 20.8 Å². The Morgan fingerprint density at radius 2 is 2.32 bits per heavy atom. The molecule has 2 heterocycles. The zero-order valence-corrected chi connectivity index (χ0v) is 12.9. The number of thiophene rings is 1. The van der Waals surface area contributed by atoms with Crippen molar-refractivity contribution in [2.45, 2.75) is 25.4 Å². The molecule has 0 saturated carbocycles. The predicted octanol–water partition coefficient (Wildman–Crippen LogP) is 1.11. The fourth-order valence-corrected chi connectivity index (χ4v) is 3.16. The molecule has 1 aliphatic heterocycles. The van der Waals surface area contributed by atoms with E-state index in [1.165, 1.54) is 11.3 Å². The molecular formula is C12H16BrN3O2S. The van der Waals surface area contributed by atoms with Crippen LogP contribution in [0.2, 0.25) is 0 Å². The lowest BCUT2D eigenvalue weighted by Gasteiger charge is -2.17. The van der Waals surface area contributed by atoms with E-state index in [2.05, 4.69) is 31.9 Å².